The fourth-order valence-electron chi connectivity index (χ4n) is 4.44. The third kappa shape index (κ3) is 5.41. The first kappa shape index (κ1) is 23.6. The Morgan fingerprint density at radius 2 is 1.00 bits per heavy atom. The molecule has 0 saturated heterocycles. The van der Waals surface area contributed by atoms with Gasteiger partial charge >= 0.3 is 6.18 Å². The van der Waals surface area contributed by atoms with Gasteiger partial charge in [0.2, 0.25) is 0 Å². The lowest BCUT2D eigenvalue weighted by atomic mass is 9.95. The highest BCUT2D eigenvalue weighted by Crippen LogP contribution is 2.33. The van der Waals surface area contributed by atoms with Crippen LogP contribution in [0.25, 0.3) is 39.0 Å². The molecule has 0 fully saturated rings. The van der Waals surface area contributed by atoms with Crippen LogP contribution < -0.4 is 0 Å². The normalized spacial score (nSPS) is 16.9. The molecule has 0 unspecified atom stereocenters. The fraction of sp³-hybridized carbons (Fsp3) is 0.0909. The number of hydrogen-bond acceptors (Lipinski definition) is 0. The fourth-order valence-corrected chi connectivity index (χ4v) is 4.44. The maximum Gasteiger partial charge on any atom is 0.416 e. The van der Waals surface area contributed by atoms with Gasteiger partial charge in [-0.1, -0.05) is 115 Å². The van der Waals surface area contributed by atoms with Crippen molar-refractivity contribution in [1.29, 1.82) is 0 Å². The molecule has 0 aromatic heterocycles. The molecule has 5 rings (SSSR count). The zero-order valence-corrected chi connectivity index (χ0v) is 19.7. The smallest absolute Gasteiger partial charge is 0.166 e. The van der Waals surface area contributed by atoms with Crippen LogP contribution in [-0.2, 0) is 6.18 Å². The summed E-state index contributed by atoms with van der Waals surface area (Å²) in [4.78, 5) is 0. The Morgan fingerprint density at radius 1 is 0.500 bits per heavy atom. The van der Waals surface area contributed by atoms with Crippen LogP contribution in [0.3, 0.4) is 0 Å². The number of hydrogen-bond donors (Lipinski definition) is 0. The Balaban J connectivity index is 1.31. The third-order valence-corrected chi connectivity index (χ3v) is 6.45. The predicted molar refractivity (Wildman–Crippen MR) is 143 cm³/mol. The standard InChI is InChI=1S/C33H25F3/c34-33(35,36)32-10-6-9-31(23-32)30-21-19-29(20-22-30)28-17-15-27(16-18-28)26-13-11-25(12-14-26)24-7-4-2-1-3-5-8-24/h1-4,6-7,9-23H,5,8H2/b3-1-,4-2-,24-7+. The molecule has 178 valence electrons. The first-order valence-corrected chi connectivity index (χ1v) is 12.0. The van der Waals surface area contributed by atoms with Gasteiger partial charge in [0.25, 0.3) is 0 Å². The predicted octanol–water partition coefficient (Wildman–Crippen LogP) is 10.00. The molecule has 0 spiro atoms. The molecular weight excluding hydrogens is 453 g/mol. The van der Waals surface area contributed by atoms with Gasteiger partial charge in [0, 0.05) is 0 Å². The van der Waals surface area contributed by atoms with Gasteiger partial charge in [-0.15, -0.1) is 0 Å². The Labute approximate surface area is 209 Å². The van der Waals surface area contributed by atoms with E-state index in [0.717, 1.165) is 46.7 Å². The average molecular weight is 479 g/mol. The minimum Gasteiger partial charge on any atom is -0.166 e. The average Bonchev–Trinajstić information content (AvgIpc) is 2.89. The molecule has 1 aliphatic rings. The number of benzene rings is 4. The molecule has 4 aromatic carbocycles. The van der Waals surface area contributed by atoms with Crippen LogP contribution >= 0.6 is 0 Å². The molecule has 4 aromatic rings. The number of allylic oxidation sites excluding steroid dienone is 6. The highest BCUT2D eigenvalue weighted by Gasteiger charge is 2.30. The van der Waals surface area contributed by atoms with Gasteiger partial charge in [-0.05, 0) is 69.5 Å². The van der Waals surface area contributed by atoms with Crippen molar-refractivity contribution in [3.05, 3.63) is 139 Å². The van der Waals surface area contributed by atoms with Crippen molar-refractivity contribution in [3.8, 4) is 33.4 Å². The van der Waals surface area contributed by atoms with Crippen molar-refractivity contribution >= 4 is 5.57 Å². The van der Waals surface area contributed by atoms with E-state index < -0.39 is 11.7 Å². The summed E-state index contributed by atoms with van der Waals surface area (Å²) in [5.41, 5.74) is 7.64. The Hall–Kier alpha value is -4.11. The Kier molecular flexibility index (Phi) is 6.73. The first-order chi connectivity index (χ1) is 17.5. The SMILES string of the molecule is FC(F)(F)c1cccc(-c2ccc(-c3ccc(-c4ccc(/C5=C/C=C\C=C/CC5)cc4)cc3)cc2)c1. The Morgan fingerprint density at radius 3 is 1.53 bits per heavy atom. The molecule has 0 amide bonds. The molecule has 36 heavy (non-hydrogen) atoms. The highest BCUT2D eigenvalue weighted by atomic mass is 19.4. The van der Waals surface area contributed by atoms with E-state index in [0.29, 0.717) is 5.56 Å². The lowest BCUT2D eigenvalue weighted by molar-refractivity contribution is -0.137. The van der Waals surface area contributed by atoms with Gasteiger partial charge in [0.05, 0.1) is 5.56 Å². The van der Waals surface area contributed by atoms with Crippen LogP contribution in [0, 0.1) is 0 Å². The number of halogens is 3. The van der Waals surface area contributed by atoms with Gasteiger partial charge in [0.1, 0.15) is 0 Å². The van der Waals surface area contributed by atoms with Crippen molar-refractivity contribution in [1.82, 2.24) is 0 Å². The highest BCUT2D eigenvalue weighted by molar-refractivity contribution is 5.75. The molecule has 1 aliphatic carbocycles. The molecule has 0 bridgehead atoms. The Bertz CT molecular complexity index is 1420. The maximum absolute atomic E-state index is 13.1. The second-order valence-corrected chi connectivity index (χ2v) is 8.85. The van der Waals surface area contributed by atoms with Gasteiger partial charge in [0.15, 0.2) is 0 Å². The summed E-state index contributed by atoms with van der Waals surface area (Å²) in [5.74, 6) is 0. The molecule has 0 N–H and O–H groups in total. The van der Waals surface area contributed by atoms with E-state index in [1.54, 1.807) is 6.07 Å². The molecular formula is C33H25F3. The van der Waals surface area contributed by atoms with Gasteiger partial charge in [-0.25, -0.2) is 0 Å². The second kappa shape index (κ2) is 10.2. The summed E-state index contributed by atoms with van der Waals surface area (Å²) in [6.45, 7) is 0. The minimum absolute atomic E-state index is 0.554. The van der Waals surface area contributed by atoms with Crippen molar-refractivity contribution in [2.24, 2.45) is 0 Å². The van der Waals surface area contributed by atoms with Crippen LogP contribution in [0.2, 0.25) is 0 Å². The zero-order valence-electron chi connectivity index (χ0n) is 19.7. The topological polar surface area (TPSA) is 0 Å². The van der Waals surface area contributed by atoms with Gasteiger partial charge in [-0.3, -0.25) is 0 Å². The van der Waals surface area contributed by atoms with Crippen LogP contribution in [-0.4, -0.2) is 0 Å². The molecule has 3 heteroatoms. The summed E-state index contributed by atoms with van der Waals surface area (Å²) in [6.07, 6.45) is 8.34. The van der Waals surface area contributed by atoms with E-state index in [2.05, 4.69) is 78.9 Å². The van der Waals surface area contributed by atoms with E-state index in [1.165, 1.54) is 23.3 Å². The summed E-state index contributed by atoms with van der Waals surface area (Å²) >= 11 is 0. The monoisotopic (exact) mass is 478 g/mol. The van der Waals surface area contributed by atoms with Gasteiger partial charge in [-0.2, -0.15) is 13.2 Å². The van der Waals surface area contributed by atoms with Crippen molar-refractivity contribution in [3.63, 3.8) is 0 Å². The largest absolute Gasteiger partial charge is 0.416 e. The van der Waals surface area contributed by atoms with Crippen LogP contribution in [0.5, 0.6) is 0 Å². The van der Waals surface area contributed by atoms with Crippen LogP contribution in [0.4, 0.5) is 13.2 Å². The lowest BCUT2D eigenvalue weighted by Crippen LogP contribution is -2.04. The van der Waals surface area contributed by atoms with Gasteiger partial charge < -0.3 is 0 Å². The molecule has 0 heterocycles. The van der Waals surface area contributed by atoms with Crippen LogP contribution in [0.1, 0.15) is 24.0 Å². The van der Waals surface area contributed by atoms with E-state index in [9.17, 15) is 13.2 Å². The van der Waals surface area contributed by atoms with E-state index >= 15 is 0 Å². The minimum atomic E-state index is -4.35. The zero-order chi connectivity index (χ0) is 25.0. The molecule has 0 nitrogen and oxygen atoms in total. The maximum atomic E-state index is 13.1. The van der Waals surface area contributed by atoms with Crippen molar-refractivity contribution in [2.75, 3.05) is 0 Å². The van der Waals surface area contributed by atoms with E-state index in [4.69, 9.17) is 0 Å². The number of rotatable bonds is 4. The number of alkyl halides is 3. The molecule has 0 atom stereocenters. The lowest BCUT2D eigenvalue weighted by Gasteiger charge is -2.10. The third-order valence-electron chi connectivity index (χ3n) is 6.45. The summed E-state index contributed by atoms with van der Waals surface area (Å²) in [5, 5.41) is 0. The van der Waals surface area contributed by atoms with Crippen molar-refractivity contribution in [2.45, 2.75) is 19.0 Å². The summed E-state index contributed by atoms with van der Waals surface area (Å²) in [7, 11) is 0. The molecule has 0 radical (unpaired) electrons. The van der Waals surface area contributed by atoms with Crippen molar-refractivity contribution < 1.29 is 13.2 Å². The molecule has 0 saturated carbocycles. The van der Waals surface area contributed by atoms with E-state index in [1.807, 2.05) is 24.3 Å². The molecule has 0 aliphatic heterocycles. The quantitative estimate of drug-likeness (QED) is 0.274. The van der Waals surface area contributed by atoms with Crippen LogP contribution in [0.15, 0.2) is 127 Å². The second-order valence-electron chi connectivity index (χ2n) is 8.85. The van der Waals surface area contributed by atoms with E-state index in [-0.39, 0.29) is 0 Å². The summed E-state index contributed by atoms with van der Waals surface area (Å²) in [6, 6.07) is 30.1. The summed E-state index contributed by atoms with van der Waals surface area (Å²) < 4.78 is 39.2. The first-order valence-electron chi connectivity index (χ1n) is 12.0.